The van der Waals surface area contributed by atoms with Gasteiger partial charge in [-0.2, -0.15) is 0 Å². The number of benzene rings is 1. The molecule has 1 amide bonds. The van der Waals surface area contributed by atoms with Gasteiger partial charge in [-0.15, -0.1) is 0 Å². The Hall–Kier alpha value is -2.80. The number of esters is 1. The maximum absolute atomic E-state index is 12.4. The number of aromatic nitrogens is 1. The Morgan fingerprint density at radius 3 is 2.77 bits per heavy atom. The molecule has 0 aliphatic carbocycles. The van der Waals surface area contributed by atoms with Gasteiger partial charge in [0.2, 0.25) is 6.79 Å². The number of carbonyl (C=O) groups is 2. The van der Waals surface area contributed by atoms with Crippen LogP contribution in [0.3, 0.4) is 0 Å². The van der Waals surface area contributed by atoms with Crippen LogP contribution in [0.15, 0.2) is 36.5 Å². The van der Waals surface area contributed by atoms with E-state index in [0.717, 1.165) is 5.56 Å². The Balaban J connectivity index is 1.56. The summed E-state index contributed by atoms with van der Waals surface area (Å²) in [5.74, 6) is 0.434. The van der Waals surface area contributed by atoms with E-state index in [1.54, 1.807) is 4.90 Å². The van der Waals surface area contributed by atoms with Gasteiger partial charge in [-0.1, -0.05) is 17.7 Å². The first-order valence-corrected chi connectivity index (χ1v) is 8.39. The summed E-state index contributed by atoms with van der Waals surface area (Å²) in [6.07, 6.45) is 1.30. The van der Waals surface area contributed by atoms with Gasteiger partial charge in [0.05, 0.1) is 5.56 Å². The van der Waals surface area contributed by atoms with E-state index in [4.69, 9.17) is 25.8 Å². The van der Waals surface area contributed by atoms with Crippen LogP contribution >= 0.6 is 11.6 Å². The predicted octanol–water partition coefficient (Wildman–Crippen LogP) is 2.67. The Bertz CT molecular complexity index is 810. The van der Waals surface area contributed by atoms with Gasteiger partial charge in [-0.05, 0) is 36.8 Å². The smallest absolute Gasteiger partial charge is 0.340 e. The molecule has 2 aromatic rings. The van der Waals surface area contributed by atoms with Crippen LogP contribution < -0.4 is 9.47 Å². The summed E-state index contributed by atoms with van der Waals surface area (Å²) in [4.78, 5) is 29.7. The maximum Gasteiger partial charge on any atom is 0.340 e. The normalized spacial score (nSPS) is 11.9. The number of pyridine rings is 1. The first-order valence-electron chi connectivity index (χ1n) is 8.02. The summed E-state index contributed by atoms with van der Waals surface area (Å²) in [7, 11) is 0. The molecule has 2 heterocycles. The standard InChI is InChI=1S/C18H17ClN2O5/c1-2-21(9-12-3-5-14-15(7-12)26-11-25-14)17(22)10-24-18(23)13-4-6-16(19)20-8-13/h3-8H,2,9-11H2,1H3. The average Bonchev–Trinajstić information content (AvgIpc) is 3.12. The lowest BCUT2D eigenvalue weighted by atomic mass is 10.2. The maximum atomic E-state index is 12.4. The van der Waals surface area contributed by atoms with Gasteiger partial charge in [0.25, 0.3) is 5.91 Å². The van der Waals surface area contributed by atoms with Gasteiger partial charge in [-0.25, -0.2) is 9.78 Å². The fraction of sp³-hybridized carbons (Fsp3) is 0.278. The molecule has 7 nitrogen and oxygen atoms in total. The third kappa shape index (κ3) is 4.23. The molecule has 0 bridgehead atoms. The Morgan fingerprint density at radius 1 is 1.23 bits per heavy atom. The van der Waals surface area contributed by atoms with Crippen molar-refractivity contribution >= 4 is 23.5 Å². The molecule has 1 aliphatic heterocycles. The molecule has 1 aliphatic rings. The molecule has 0 spiro atoms. The van der Waals surface area contributed by atoms with E-state index in [2.05, 4.69) is 4.98 Å². The predicted molar refractivity (Wildman–Crippen MR) is 93.2 cm³/mol. The van der Waals surface area contributed by atoms with Gasteiger partial charge in [0.15, 0.2) is 18.1 Å². The highest BCUT2D eigenvalue weighted by Crippen LogP contribution is 2.32. The molecule has 0 saturated heterocycles. The van der Waals surface area contributed by atoms with E-state index in [0.29, 0.717) is 24.6 Å². The summed E-state index contributed by atoms with van der Waals surface area (Å²) in [6.45, 7) is 2.57. The molecule has 1 aromatic heterocycles. The first kappa shape index (κ1) is 18.0. The lowest BCUT2D eigenvalue weighted by Gasteiger charge is -2.21. The van der Waals surface area contributed by atoms with E-state index in [9.17, 15) is 9.59 Å². The van der Waals surface area contributed by atoms with Gasteiger partial charge < -0.3 is 19.1 Å². The number of likely N-dealkylation sites (N-methyl/N-ethyl adjacent to an activating group) is 1. The van der Waals surface area contributed by atoms with E-state index in [1.807, 2.05) is 25.1 Å². The van der Waals surface area contributed by atoms with Crippen molar-refractivity contribution in [3.8, 4) is 11.5 Å². The summed E-state index contributed by atoms with van der Waals surface area (Å²) >= 11 is 5.68. The molecule has 26 heavy (non-hydrogen) atoms. The summed E-state index contributed by atoms with van der Waals surface area (Å²) in [6, 6.07) is 8.49. The molecule has 0 atom stereocenters. The van der Waals surface area contributed by atoms with Crippen molar-refractivity contribution in [1.29, 1.82) is 0 Å². The van der Waals surface area contributed by atoms with Crippen molar-refractivity contribution in [1.82, 2.24) is 9.88 Å². The highest BCUT2D eigenvalue weighted by Gasteiger charge is 2.18. The van der Waals surface area contributed by atoms with E-state index >= 15 is 0 Å². The molecule has 3 rings (SSSR count). The zero-order chi connectivity index (χ0) is 18.5. The minimum atomic E-state index is -0.623. The molecule has 0 N–H and O–H groups in total. The second kappa shape index (κ2) is 8.05. The number of hydrogen-bond donors (Lipinski definition) is 0. The Kier molecular flexibility index (Phi) is 5.58. The Labute approximate surface area is 155 Å². The third-order valence-electron chi connectivity index (χ3n) is 3.83. The highest BCUT2D eigenvalue weighted by atomic mass is 35.5. The number of halogens is 1. The SMILES string of the molecule is CCN(Cc1ccc2c(c1)OCO2)C(=O)COC(=O)c1ccc(Cl)nc1. The number of fused-ring (bicyclic) bond motifs is 1. The van der Waals surface area contributed by atoms with Crippen molar-refractivity contribution in [3.63, 3.8) is 0 Å². The molecule has 0 fully saturated rings. The molecule has 0 saturated carbocycles. The fourth-order valence-corrected chi connectivity index (χ4v) is 2.55. The van der Waals surface area contributed by atoms with E-state index in [-0.39, 0.29) is 30.0 Å². The number of amides is 1. The molecule has 1 aromatic carbocycles. The molecule has 0 radical (unpaired) electrons. The zero-order valence-electron chi connectivity index (χ0n) is 14.1. The third-order valence-corrected chi connectivity index (χ3v) is 4.06. The molecule has 136 valence electrons. The lowest BCUT2D eigenvalue weighted by Crippen LogP contribution is -2.34. The fourth-order valence-electron chi connectivity index (χ4n) is 2.43. The van der Waals surface area contributed by atoms with E-state index in [1.165, 1.54) is 18.3 Å². The lowest BCUT2D eigenvalue weighted by molar-refractivity contribution is -0.134. The summed E-state index contributed by atoms with van der Waals surface area (Å²) in [5, 5.41) is 0.276. The number of rotatable bonds is 6. The van der Waals surface area contributed by atoms with Crippen molar-refractivity contribution in [2.45, 2.75) is 13.5 Å². The Morgan fingerprint density at radius 2 is 2.04 bits per heavy atom. The first-order chi connectivity index (χ1) is 12.6. The van der Waals surface area contributed by atoms with E-state index < -0.39 is 5.97 Å². The van der Waals surface area contributed by atoms with Gasteiger partial charge >= 0.3 is 5.97 Å². The van der Waals surface area contributed by atoms with Crippen molar-refractivity contribution in [2.75, 3.05) is 19.9 Å². The monoisotopic (exact) mass is 376 g/mol. The second-order valence-electron chi connectivity index (χ2n) is 5.54. The molecule has 8 heteroatoms. The van der Waals surface area contributed by atoms with Crippen molar-refractivity contribution in [2.24, 2.45) is 0 Å². The molecular formula is C18H17ClN2O5. The van der Waals surface area contributed by atoms with Crippen LogP contribution in [0.2, 0.25) is 5.15 Å². The molecular weight excluding hydrogens is 360 g/mol. The number of carbonyl (C=O) groups excluding carboxylic acids is 2. The van der Waals surface area contributed by atoms with Crippen LogP contribution in [0.1, 0.15) is 22.8 Å². The number of nitrogens with zero attached hydrogens (tertiary/aromatic N) is 2. The highest BCUT2D eigenvalue weighted by molar-refractivity contribution is 6.29. The minimum absolute atomic E-state index is 0.199. The van der Waals surface area contributed by atoms with Crippen LogP contribution in [-0.2, 0) is 16.1 Å². The van der Waals surface area contributed by atoms with Gasteiger partial charge in [0, 0.05) is 19.3 Å². The molecule has 0 unspecified atom stereocenters. The van der Waals surface area contributed by atoms with Crippen LogP contribution in [-0.4, -0.2) is 41.7 Å². The topological polar surface area (TPSA) is 78.0 Å². The van der Waals surface area contributed by atoms with Crippen LogP contribution in [0.5, 0.6) is 11.5 Å². The second-order valence-corrected chi connectivity index (χ2v) is 5.93. The number of hydrogen-bond acceptors (Lipinski definition) is 6. The van der Waals surface area contributed by atoms with Crippen molar-refractivity contribution < 1.29 is 23.8 Å². The number of ether oxygens (including phenoxy) is 3. The van der Waals surface area contributed by atoms with Gasteiger partial charge in [0.1, 0.15) is 5.15 Å². The summed E-state index contributed by atoms with van der Waals surface area (Å²) < 4.78 is 15.7. The van der Waals surface area contributed by atoms with Crippen LogP contribution in [0.25, 0.3) is 0 Å². The van der Waals surface area contributed by atoms with Crippen LogP contribution in [0, 0.1) is 0 Å². The average molecular weight is 377 g/mol. The zero-order valence-corrected chi connectivity index (χ0v) is 14.9. The minimum Gasteiger partial charge on any atom is -0.454 e. The van der Waals surface area contributed by atoms with Crippen molar-refractivity contribution in [3.05, 3.63) is 52.8 Å². The van der Waals surface area contributed by atoms with Gasteiger partial charge in [-0.3, -0.25) is 4.79 Å². The van der Waals surface area contributed by atoms with Crippen LogP contribution in [0.4, 0.5) is 0 Å². The summed E-state index contributed by atoms with van der Waals surface area (Å²) in [5.41, 5.74) is 1.14. The quantitative estimate of drug-likeness (QED) is 0.569. The largest absolute Gasteiger partial charge is 0.454 e.